The normalized spacial score (nSPS) is 16.2. The Balaban J connectivity index is 2.62. The van der Waals surface area contributed by atoms with Crippen LogP contribution in [0.4, 0.5) is 18.2 Å². The van der Waals surface area contributed by atoms with Gasteiger partial charge in [0.25, 0.3) is 5.91 Å². The summed E-state index contributed by atoms with van der Waals surface area (Å²) in [4.78, 5) is 36.0. The lowest BCUT2D eigenvalue weighted by atomic mass is 9.95. The molecule has 26 heavy (non-hydrogen) atoms. The fourth-order valence-corrected chi connectivity index (χ4v) is 4.24. The molecule has 11 heteroatoms. The predicted molar refractivity (Wildman–Crippen MR) is 87.7 cm³/mol. The number of carbonyl (C=O) groups is 3. The van der Waals surface area contributed by atoms with Gasteiger partial charge in [0, 0.05) is 11.8 Å². The Morgan fingerprint density at radius 2 is 1.81 bits per heavy atom. The molecule has 1 aliphatic rings. The van der Waals surface area contributed by atoms with E-state index < -0.39 is 29.6 Å². The maximum absolute atomic E-state index is 13.8. The van der Waals surface area contributed by atoms with Crippen molar-refractivity contribution in [3.05, 3.63) is 16.0 Å². The Labute approximate surface area is 151 Å². The average Bonchev–Trinajstić information content (AvgIpc) is 2.89. The van der Waals surface area contributed by atoms with Crippen LogP contribution >= 0.6 is 11.3 Å². The van der Waals surface area contributed by atoms with E-state index in [4.69, 9.17) is 5.73 Å². The van der Waals surface area contributed by atoms with E-state index in [0.717, 1.165) is 43.1 Å². The molecule has 0 aliphatic heterocycles. The van der Waals surface area contributed by atoms with Crippen molar-refractivity contribution in [2.45, 2.75) is 44.4 Å². The molecule has 0 aromatic carbocycles. The number of thiophene rings is 1. The van der Waals surface area contributed by atoms with Gasteiger partial charge >= 0.3 is 17.8 Å². The van der Waals surface area contributed by atoms with E-state index in [1.807, 2.05) is 5.32 Å². The van der Waals surface area contributed by atoms with Crippen LogP contribution in [-0.4, -0.2) is 36.7 Å². The third kappa shape index (κ3) is 3.48. The molecule has 0 radical (unpaired) electrons. The van der Waals surface area contributed by atoms with E-state index in [1.54, 1.807) is 5.32 Å². The standard InChI is InChI=1S/C15H18F3N3O4S/c1-7(22)20-14(13(24)25-2,15(16,17)18)21-12-10(11(19)23)8-5-3-4-6-9(8)26-12/h21H,3-6H2,1-2H3,(H2,19,23)(H,20,22)/t14-/m0/s1. The number of carbonyl (C=O) groups excluding carboxylic acids is 3. The van der Waals surface area contributed by atoms with Gasteiger partial charge in [0.2, 0.25) is 5.91 Å². The largest absolute Gasteiger partial charge is 0.466 e. The number of alkyl halides is 3. The van der Waals surface area contributed by atoms with Crippen LogP contribution in [-0.2, 0) is 27.2 Å². The number of halogens is 3. The van der Waals surface area contributed by atoms with Crippen molar-refractivity contribution in [3.63, 3.8) is 0 Å². The predicted octanol–water partition coefficient (Wildman–Crippen LogP) is 1.71. The highest BCUT2D eigenvalue weighted by atomic mass is 32.1. The van der Waals surface area contributed by atoms with E-state index in [0.29, 0.717) is 18.4 Å². The molecule has 2 amide bonds. The SMILES string of the molecule is COC(=O)[C@](NC(C)=O)(Nc1sc2c(c1C(N)=O)CCCC2)C(F)(F)F. The van der Waals surface area contributed by atoms with Gasteiger partial charge in [0.05, 0.1) is 12.7 Å². The Morgan fingerprint density at radius 3 is 2.31 bits per heavy atom. The number of anilines is 1. The average molecular weight is 393 g/mol. The molecule has 0 unspecified atom stereocenters. The van der Waals surface area contributed by atoms with Crippen molar-refractivity contribution in [3.8, 4) is 0 Å². The van der Waals surface area contributed by atoms with Crippen LogP contribution in [0.15, 0.2) is 0 Å². The number of fused-ring (bicyclic) bond motifs is 1. The van der Waals surface area contributed by atoms with Gasteiger partial charge in [0.1, 0.15) is 5.00 Å². The molecule has 2 rings (SSSR count). The Morgan fingerprint density at radius 1 is 1.19 bits per heavy atom. The molecule has 1 heterocycles. The Hall–Kier alpha value is -2.30. The molecular weight excluding hydrogens is 375 g/mol. The highest BCUT2D eigenvalue weighted by Crippen LogP contribution is 2.41. The third-order valence-electron chi connectivity index (χ3n) is 4.00. The number of methoxy groups -OCH3 is 1. The molecule has 0 bridgehead atoms. The number of hydrogen-bond acceptors (Lipinski definition) is 6. The molecular formula is C15H18F3N3O4S. The van der Waals surface area contributed by atoms with Gasteiger partial charge in [-0.2, -0.15) is 13.2 Å². The molecule has 0 saturated heterocycles. The van der Waals surface area contributed by atoms with Crippen molar-refractivity contribution < 1.29 is 32.3 Å². The van der Waals surface area contributed by atoms with Gasteiger partial charge in [0.15, 0.2) is 0 Å². The first-order valence-corrected chi connectivity index (χ1v) is 8.51. The molecule has 1 aliphatic carbocycles. The number of ether oxygens (including phenoxy) is 1. The van der Waals surface area contributed by atoms with Gasteiger partial charge in [-0.05, 0) is 31.2 Å². The summed E-state index contributed by atoms with van der Waals surface area (Å²) in [5.74, 6) is -3.78. The summed E-state index contributed by atoms with van der Waals surface area (Å²) in [6, 6.07) is 0. The minimum Gasteiger partial charge on any atom is -0.466 e. The summed E-state index contributed by atoms with van der Waals surface area (Å²) in [6.45, 7) is 0.833. The lowest BCUT2D eigenvalue weighted by Crippen LogP contribution is -2.69. The fraction of sp³-hybridized carbons (Fsp3) is 0.533. The minimum absolute atomic E-state index is 0.0902. The summed E-state index contributed by atoms with van der Waals surface area (Å²) in [5, 5.41) is 3.37. The minimum atomic E-state index is -5.24. The van der Waals surface area contributed by atoms with Gasteiger partial charge in [-0.3, -0.25) is 9.59 Å². The number of esters is 1. The first kappa shape index (κ1) is 20.0. The molecule has 4 N–H and O–H groups in total. The molecule has 1 atom stereocenters. The van der Waals surface area contributed by atoms with E-state index in [1.165, 1.54) is 0 Å². The van der Waals surface area contributed by atoms with Crippen molar-refractivity contribution in [1.29, 1.82) is 0 Å². The fourth-order valence-electron chi connectivity index (χ4n) is 2.89. The van der Waals surface area contributed by atoms with Crippen molar-refractivity contribution in [2.75, 3.05) is 12.4 Å². The van der Waals surface area contributed by atoms with Crippen LogP contribution in [0, 0.1) is 0 Å². The van der Waals surface area contributed by atoms with Gasteiger partial charge in [-0.15, -0.1) is 11.3 Å². The second kappa shape index (κ2) is 7.14. The first-order valence-electron chi connectivity index (χ1n) is 7.70. The van der Waals surface area contributed by atoms with Crippen molar-refractivity contribution in [1.82, 2.24) is 5.32 Å². The maximum Gasteiger partial charge on any atom is 0.441 e. The molecule has 0 fully saturated rings. The van der Waals surface area contributed by atoms with Crippen LogP contribution < -0.4 is 16.4 Å². The highest BCUT2D eigenvalue weighted by Gasteiger charge is 2.63. The van der Waals surface area contributed by atoms with Crippen LogP contribution in [0.2, 0.25) is 0 Å². The summed E-state index contributed by atoms with van der Waals surface area (Å²) >= 11 is 0.917. The maximum atomic E-state index is 13.8. The van der Waals surface area contributed by atoms with Gasteiger partial charge < -0.3 is 21.1 Å². The highest BCUT2D eigenvalue weighted by molar-refractivity contribution is 7.16. The molecule has 1 aromatic rings. The second-order valence-corrected chi connectivity index (χ2v) is 6.93. The molecule has 0 saturated carbocycles. The number of amides is 2. The van der Waals surface area contributed by atoms with Crippen LogP contribution in [0.25, 0.3) is 0 Å². The quantitative estimate of drug-likeness (QED) is 0.521. The van der Waals surface area contributed by atoms with Crippen LogP contribution in [0.5, 0.6) is 0 Å². The molecule has 0 spiro atoms. The van der Waals surface area contributed by atoms with Crippen LogP contribution in [0.1, 0.15) is 40.6 Å². The smallest absolute Gasteiger partial charge is 0.441 e. The number of primary amides is 1. The van der Waals surface area contributed by atoms with Gasteiger partial charge in [-0.1, -0.05) is 0 Å². The molecule has 1 aromatic heterocycles. The number of nitrogens with one attached hydrogen (secondary N) is 2. The van der Waals surface area contributed by atoms with Crippen LogP contribution in [0.3, 0.4) is 0 Å². The van der Waals surface area contributed by atoms with Crippen molar-refractivity contribution in [2.24, 2.45) is 5.73 Å². The third-order valence-corrected chi connectivity index (χ3v) is 5.21. The topological polar surface area (TPSA) is 111 Å². The van der Waals surface area contributed by atoms with E-state index in [9.17, 15) is 27.6 Å². The summed E-state index contributed by atoms with van der Waals surface area (Å²) in [5.41, 5.74) is 2.32. The molecule has 7 nitrogen and oxygen atoms in total. The summed E-state index contributed by atoms with van der Waals surface area (Å²) in [7, 11) is 0.765. The van der Waals surface area contributed by atoms with E-state index in [-0.39, 0.29) is 10.6 Å². The summed E-state index contributed by atoms with van der Waals surface area (Å²) < 4.78 is 45.6. The van der Waals surface area contributed by atoms with E-state index >= 15 is 0 Å². The van der Waals surface area contributed by atoms with Gasteiger partial charge in [-0.25, -0.2) is 4.79 Å². The lowest BCUT2D eigenvalue weighted by molar-refractivity contribution is -0.206. The number of rotatable bonds is 5. The van der Waals surface area contributed by atoms with E-state index in [2.05, 4.69) is 4.74 Å². The Kier molecular flexibility index (Phi) is 5.49. The Bertz CT molecular complexity index is 747. The van der Waals surface area contributed by atoms with Crippen molar-refractivity contribution >= 4 is 34.1 Å². The second-order valence-electron chi connectivity index (χ2n) is 5.82. The lowest BCUT2D eigenvalue weighted by Gasteiger charge is -2.34. The monoisotopic (exact) mass is 393 g/mol. The molecule has 144 valence electrons. The number of nitrogens with two attached hydrogens (primary N) is 1. The zero-order chi connectivity index (χ0) is 19.7. The zero-order valence-corrected chi connectivity index (χ0v) is 14.9. The zero-order valence-electron chi connectivity index (χ0n) is 14.1. The number of hydrogen-bond donors (Lipinski definition) is 3. The summed E-state index contributed by atoms with van der Waals surface area (Å²) in [6.07, 6.45) is -2.54. The number of aryl methyl sites for hydroxylation is 1. The first-order chi connectivity index (χ1) is 12.0.